The molecule has 1 aromatic carbocycles. The standard InChI is InChI=1S/C10H10BrNO2/c1-12-9(6-14-10(12)13)7-2-4-8(11)5-3-7/h2-5,9H,6H2,1H3. The summed E-state index contributed by atoms with van der Waals surface area (Å²) in [5.41, 5.74) is 1.10. The molecule has 1 fully saturated rings. The number of rotatable bonds is 1. The van der Waals surface area contributed by atoms with Gasteiger partial charge in [-0.25, -0.2) is 4.79 Å². The molecule has 4 heteroatoms. The van der Waals surface area contributed by atoms with E-state index in [1.54, 1.807) is 11.9 Å². The zero-order chi connectivity index (χ0) is 10.1. The number of nitrogens with zero attached hydrogens (tertiary/aromatic N) is 1. The molecule has 1 heterocycles. The zero-order valence-corrected chi connectivity index (χ0v) is 9.32. The van der Waals surface area contributed by atoms with Crippen molar-refractivity contribution in [1.29, 1.82) is 0 Å². The van der Waals surface area contributed by atoms with E-state index in [0.29, 0.717) is 6.61 Å². The van der Waals surface area contributed by atoms with E-state index in [1.165, 1.54) is 0 Å². The molecule has 0 spiro atoms. The zero-order valence-electron chi connectivity index (χ0n) is 7.74. The second kappa shape index (κ2) is 3.61. The molecule has 1 aliphatic heterocycles. The summed E-state index contributed by atoms with van der Waals surface area (Å²) in [4.78, 5) is 12.7. The minimum Gasteiger partial charge on any atom is -0.447 e. The van der Waals surface area contributed by atoms with Crippen LogP contribution in [-0.2, 0) is 4.74 Å². The van der Waals surface area contributed by atoms with Crippen LogP contribution in [0.25, 0.3) is 0 Å². The second-order valence-electron chi connectivity index (χ2n) is 3.26. The van der Waals surface area contributed by atoms with Crippen molar-refractivity contribution in [1.82, 2.24) is 4.90 Å². The normalized spacial score (nSPS) is 21.1. The summed E-state index contributed by atoms with van der Waals surface area (Å²) >= 11 is 3.37. The van der Waals surface area contributed by atoms with Gasteiger partial charge in [0.05, 0.1) is 6.04 Å². The van der Waals surface area contributed by atoms with Gasteiger partial charge in [0.2, 0.25) is 0 Å². The second-order valence-corrected chi connectivity index (χ2v) is 4.17. The van der Waals surface area contributed by atoms with Crippen molar-refractivity contribution in [2.24, 2.45) is 0 Å². The molecule has 1 aromatic rings. The van der Waals surface area contributed by atoms with E-state index in [-0.39, 0.29) is 12.1 Å². The van der Waals surface area contributed by atoms with Crippen LogP contribution in [0.2, 0.25) is 0 Å². The fraction of sp³-hybridized carbons (Fsp3) is 0.300. The number of hydrogen-bond donors (Lipinski definition) is 0. The highest BCUT2D eigenvalue weighted by Gasteiger charge is 2.30. The molecule has 1 aliphatic rings. The van der Waals surface area contributed by atoms with Crippen LogP contribution in [0.3, 0.4) is 0 Å². The summed E-state index contributed by atoms with van der Waals surface area (Å²) in [5.74, 6) is 0. The predicted octanol–water partition coefficient (Wildman–Crippen LogP) is 2.57. The highest BCUT2D eigenvalue weighted by molar-refractivity contribution is 9.10. The highest BCUT2D eigenvalue weighted by atomic mass is 79.9. The van der Waals surface area contributed by atoms with Crippen LogP contribution in [0.4, 0.5) is 4.79 Å². The Hall–Kier alpha value is -1.03. The Morgan fingerprint density at radius 1 is 1.43 bits per heavy atom. The summed E-state index contributed by atoms with van der Waals surface area (Å²) in [5, 5.41) is 0. The molecular weight excluding hydrogens is 246 g/mol. The van der Waals surface area contributed by atoms with Gasteiger partial charge in [-0.2, -0.15) is 0 Å². The van der Waals surface area contributed by atoms with Crippen LogP contribution in [0.1, 0.15) is 11.6 Å². The maximum atomic E-state index is 11.1. The summed E-state index contributed by atoms with van der Waals surface area (Å²) in [7, 11) is 1.75. The minimum absolute atomic E-state index is 0.0515. The third-order valence-corrected chi connectivity index (χ3v) is 2.90. The molecule has 1 amide bonds. The number of cyclic esters (lactones) is 1. The Labute approximate surface area is 90.8 Å². The van der Waals surface area contributed by atoms with E-state index in [0.717, 1.165) is 10.0 Å². The molecule has 0 radical (unpaired) electrons. The molecule has 0 bridgehead atoms. The quantitative estimate of drug-likeness (QED) is 0.772. The number of carbonyl (C=O) groups is 1. The molecule has 0 aliphatic carbocycles. The smallest absolute Gasteiger partial charge is 0.410 e. The molecule has 1 unspecified atom stereocenters. The number of likely N-dealkylation sites (N-methyl/N-ethyl adjacent to an activating group) is 1. The SMILES string of the molecule is CN1C(=O)OCC1c1ccc(Br)cc1. The van der Waals surface area contributed by atoms with Gasteiger partial charge in [-0.15, -0.1) is 0 Å². The summed E-state index contributed by atoms with van der Waals surface area (Å²) < 4.78 is 5.97. The number of benzene rings is 1. The Morgan fingerprint density at radius 3 is 2.57 bits per heavy atom. The average molecular weight is 256 g/mol. The molecule has 0 aromatic heterocycles. The lowest BCUT2D eigenvalue weighted by atomic mass is 10.1. The molecule has 74 valence electrons. The third-order valence-electron chi connectivity index (χ3n) is 2.37. The van der Waals surface area contributed by atoms with Gasteiger partial charge in [0.25, 0.3) is 0 Å². The van der Waals surface area contributed by atoms with Crippen LogP contribution in [-0.4, -0.2) is 24.6 Å². The van der Waals surface area contributed by atoms with Gasteiger partial charge < -0.3 is 9.64 Å². The Balaban J connectivity index is 2.23. The monoisotopic (exact) mass is 255 g/mol. The molecule has 2 rings (SSSR count). The van der Waals surface area contributed by atoms with Gasteiger partial charge in [0.15, 0.2) is 0 Å². The first-order chi connectivity index (χ1) is 6.68. The van der Waals surface area contributed by atoms with Gasteiger partial charge in [0, 0.05) is 11.5 Å². The first kappa shape index (κ1) is 9.52. The number of carbonyl (C=O) groups excluding carboxylic acids is 1. The van der Waals surface area contributed by atoms with E-state index in [1.807, 2.05) is 24.3 Å². The van der Waals surface area contributed by atoms with Crippen molar-refractivity contribution in [3.8, 4) is 0 Å². The molecule has 0 N–H and O–H groups in total. The molecule has 3 nitrogen and oxygen atoms in total. The number of halogens is 1. The third kappa shape index (κ3) is 1.62. The first-order valence-corrected chi connectivity index (χ1v) is 5.13. The lowest BCUT2D eigenvalue weighted by Gasteiger charge is -2.15. The van der Waals surface area contributed by atoms with Gasteiger partial charge in [-0.05, 0) is 17.7 Å². The van der Waals surface area contributed by atoms with Crippen LogP contribution in [0, 0.1) is 0 Å². The van der Waals surface area contributed by atoms with Crippen LogP contribution >= 0.6 is 15.9 Å². The van der Waals surface area contributed by atoms with Crippen molar-refractivity contribution in [2.75, 3.05) is 13.7 Å². The summed E-state index contributed by atoms with van der Waals surface area (Å²) in [6.07, 6.45) is -0.252. The van der Waals surface area contributed by atoms with Crippen LogP contribution < -0.4 is 0 Å². The Bertz CT molecular complexity index is 350. The predicted molar refractivity (Wildman–Crippen MR) is 56.0 cm³/mol. The highest BCUT2D eigenvalue weighted by Crippen LogP contribution is 2.26. The van der Waals surface area contributed by atoms with Gasteiger partial charge >= 0.3 is 6.09 Å². The molecule has 14 heavy (non-hydrogen) atoms. The van der Waals surface area contributed by atoms with Crippen molar-refractivity contribution in [2.45, 2.75) is 6.04 Å². The number of amides is 1. The summed E-state index contributed by atoms with van der Waals surface area (Å²) in [6.45, 7) is 0.441. The van der Waals surface area contributed by atoms with Crippen molar-refractivity contribution in [3.63, 3.8) is 0 Å². The fourth-order valence-corrected chi connectivity index (χ4v) is 1.76. The maximum Gasteiger partial charge on any atom is 0.410 e. The molecule has 0 saturated carbocycles. The van der Waals surface area contributed by atoms with Crippen LogP contribution in [0.15, 0.2) is 28.7 Å². The molecule has 1 atom stereocenters. The average Bonchev–Trinajstić information content (AvgIpc) is 2.50. The largest absolute Gasteiger partial charge is 0.447 e. The number of hydrogen-bond acceptors (Lipinski definition) is 2. The van der Waals surface area contributed by atoms with Crippen molar-refractivity contribution >= 4 is 22.0 Å². The minimum atomic E-state index is -0.252. The maximum absolute atomic E-state index is 11.1. The van der Waals surface area contributed by atoms with E-state index >= 15 is 0 Å². The van der Waals surface area contributed by atoms with E-state index < -0.39 is 0 Å². The van der Waals surface area contributed by atoms with E-state index in [2.05, 4.69) is 15.9 Å². The Morgan fingerprint density at radius 2 is 2.07 bits per heavy atom. The summed E-state index contributed by atoms with van der Waals surface area (Å²) in [6, 6.07) is 7.97. The van der Waals surface area contributed by atoms with Crippen molar-refractivity contribution in [3.05, 3.63) is 34.3 Å². The van der Waals surface area contributed by atoms with Gasteiger partial charge in [-0.1, -0.05) is 28.1 Å². The van der Waals surface area contributed by atoms with Gasteiger partial charge in [0.1, 0.15) is 6.61 Å². The van der Waals surface area contributed by atoms with Gasteiger partial charge in [-0.3, -0.25) is 0 Å². The molecule has 1 saturated heterocycles. The van der Waals surface area contributed by atoms with Crippen LogP contribution in [0.5, 0.6) is 0 Å². The molecular formula is C10H10BrNO2. The Kier molecular flexibility index (Phi) is 2.46. The first-order valence-electron chi connectivity index (χ1n) is 4.33. The lowest BCUT2D eigenvalue weighted by molar-refractivity contribution is 0.163. The van der Waals surface area contributed by atoms with E-state index in [4.69, 9.17) is 4.74 Å². The van der Waals surface area contributed by atoms with Crippen molar-refractivity contribution < 1.29 is 9.53 Å². The number of ether oxygens (including phenoxy) is 1. The fourth-order valence-electron chi connectivity index (χ4n) is 1.50. The van der Waals surface area contributed by atoms with E-state index in [9.17, 15) is 4.79 Å². The lowest BCUT2D eigenvalue weighted by Crippen LogP contribution is -2.22. The topological polar surface area (TPSA) is 29.5 Å².